The molecular formula is C15H22BrNO3. The molecule has 5 heteroatoms. The number of hydrogen-bond acceptors (Lipinski definition) is 3. The summed E-state index contributed by atoms with van der Waals surface area (Å²) in [4.78, 5) is 14.6. The highest BCUT2D eigenvalue weighted by Gasteiger charge is 2.23. The van der Waals surface area contributed by atoms with Crippen LogP contribution in [0.3, 0.4) is 0 Å². The zero-order valence-electron chi connectivity index (χ0n) is 12.5. The number of para-hydroxylation sites is 1. The standard InChI is InChI=1S/C15H22BrNO3/c1-11(2)17(10-6-9-16)15(18)12-7-5-8-13(19-3)14(12)20-4/h5,7-8,11H,6,9-10H2,1-4H3. The average Bonchev–Trinajstić information content (AvgIpc) is 2.45. The number of hydrogen-bond donors (Lipinski definition) is 0. The van der Waals surface area contributed by atoms with E-state index in [9.17, 15) is 4.79 Å². The van der Waals surface area contributed by atoms with Crippen LogP contribution in [-0.2, 0) is 0 Å². The first-order valence-corrected chi connectivity index (χ1v) is 7.76. The largest absolute Gasteiger partial charge is 0.493 e. The van der Waals surface area contributed by atoms with Gasteiger partial charge in [0.05, 0.1) is 19.8 Å². The van der Waals surface area contributed by atoms with Crippen molar-refractivity contribution >= 4 is 21.8 Å². The third-order valence-electron chi connectivity index (χ3n) is 3.05. The van der Waals surface area contributed by atoms with Crippen LogP contribution in [0.4, 0.5) is 0 Å². The summed E-state index contributed by atoms with van der Waals surface area (Å²) in [7, 11) is 3.12. The molecule has 0 aliphatic carbocycles. The van der Waals surface area contributed by atoms with Crippen LogP contribution >= 0.6 is 15.9 Å². The van der Waals surface area contributed by atoms with Gasteiger partial charge >= 0.3 is 0 Å². The molecule has 0 saturated heterocycles. The molecule has 20 heavy (non-hydrogen) atoms. The van der Waals surface area contributed by atoms with Crippen molar-refractivity contribution in [3.05, 3.63) is 23.8 Å². The Bertz CT molecular complexity index is 449. The molecule has 0 aromatic heterocycles. The van der Waals surface area contributed by atoms with E-state index in [-0.39, 0.29) is 11.9 Å². The van der Waals surface area contributed by atoms with Gasteiger partial charge in [-0.1, -0.05) is 22.0 Å². The zero-order valence-corrected chi connectivity index (χ0v) is 14.1. The summed E-state index contributed by atoms with van der Waals surface area (Å²) in [6.45, 7) is 4.74. The van der Waals surface area contributed by atoms with E-state index in [0.717, 1.165) is 11.8 Å². The molecular weight excluding hydrogens is 322 g/mol. The minimum absolute atomic E-state index is 0.0308. The molecule has 0 N–H and O–H groups in total. The second kappa shape index (κ2) is 8.15. The number of methoxy groups -OCH3 is 2. The van der Waals surface area contributed by atoms with Crippen molar-refractivity contribution in [2.75, 3.05) is 26.1 Å². The monoisotopic (exact) mass is 343 g/mol. The molecule has 1 aromatic rings. The lowest BCUT2D eigenvalue weighted by atomic mass is 10.1. The van der Waals surface area contributed by atoms with Crippen LogP contribution < -0.4 is 9.47 Å². The topological polar surface area (TPSA) is 38.8 Å². The van der Waals surface area contributed by atoms with Crippen molar-refractivity contribution in [2.24, 2.45) is 0 Å². The molecule has 0 spiro atoms. The second-order valence-corrected chi connectivity index (χ2v) is 5.47. The number of amides is 1. The number of benzene rings is 1. The predicted molar refractivity (Wildman–Crippen MR) is 84.1 cm³/mol. The number of rotatable bonds is 7. The molecule has 0 fully saturated rings. The Kier molecular flexibility index (Phi) is 6.85. The first-order chi connectivity index (χ1) is 9.56. The molecule has 112 valence electrons. The number of halogens is 1. The highest BCUT2D eigenvalue weighted by molar-refractivity contribution is 9.09. The number of carbonyl (C=O) groups excluding carboxylic acids is 1. The van der Waals surface area contributed by atoms with Gasteiger partial charge in [0, 0.05) is 17.9 Å². The lowest BCUT2D eigenvalue weighted by molar-refractivity contribution is 0.0702. The van der Waals surface area contributed by atoms with E-state index in [1.54, 1.807) is 32.4 Å². The molecule has 0 aliphatic rings. The maximum absolute atomic E-state index is 12.7. The van der Waals surface area contributed by atoms with Gasteiger partial charge in [-0.15, -0.1) is 0 Å². The fourth-order valence-electron chi connectivity index (χ4n) is 2.03. The van der Waals surface area contributed by atoms with Crippen LogP contribution in [0.2, 0.25) is 0 Å². The fraction of sp³-hybridized carbons (Fsp3) is 0.533. The van der Waals surface area contributed by atoms with Crippen LogP contribution in [0.1, 0.15) is 30.6 Å². The third kappa shape index (κ3) is 3.88. The second-order valence-electron chi connectivity index (χ2n) is 4.68. The minimum Gasteiger partial charge on any atom is -0.493 e. The van der Waals surface area contributed by atoms with Crippen LogP contribution in [0.25, 0.3) is 0 Å². The number of nitrogens with zero attached hydrogens (tertiary/aromatic N) is 1. The Labute approximate surface area is 129 Å². The van der Waals surface area contributed by atoms with E-state index >= 15 is 0 Å². The smallest absolute Gasteiger partial charge is 0.257 e. The van der Waals surface area contributed by atoms with Gasteiger partial charge in [0.1, 0.15) is 0 Å². The Morgan fingerprint density at radius 1 is 1.30 bits per heavy atom. The van der Waals surface area contributed by atoms with Crippen molar-refractivity contribution in [2.45, 2.75) is 26.3 Å². The van der Waals surface area contributed by atoms with Crippen LogP contribution in [0, 0.1) is 0 Å². The number of ether oxygens (including phenoxy) is 2. The Morgan fingerprint density at radius 2 is 2.00 bits per heavy atom. The maximum atomic E-state index is 12.7. The lowest BCUT2D eigenvalue weighted by Gasteiger charge is -2.27. The quantitative estimate of drug-likeness (QED) is 0.712. The van der Waals surface area contributed by atoms with Gasteiger partial charge in [-0.2, -0.15) is 0 Å². The minimum atomic E-state index is -0.0308. The molecule has 0 saturated carbocycles. The predicted octanol–water partition coefficient (Wildman–Crippen LogP) is 3.34. The summed E-state index contributed by atoms with van der Waals surface area (Å²) in [5.41, 5.74) is 0.537. The Morgan fingerprint density at radius 3 is 2.50 bits per heavy atom. The lowest BCUT2D eigenvalue weighted by Crippen LogP contribution is -2.38. The van der Waals surface area contributed by atoms with Gasteiger partial charge < -0.3 is 14.4 Å². The van der Waals surface area contributed by atoms with E-state index in [4.69, 9.17) is 9.47 Å². The van der Waals surface area contributed by atoms with Crippen molar-refractivity contribution in [1.29, 1.82) is 0 Å². The van der Waals surface area contributed by atoms with E-state index in [0.29, 0.717) is 23.6 Å². The van der Waals surface area contributed by atoms with Crippen LogP contribution in [0.15, 0.2) is 18.2 Å². The van der Waals surface area contributed by atoms with Gasteiger partial charge in [0.2, 0.25) is 0 Å². The highest BCUT2D eigenvalue weighted by atomic mass is 79.9. The van der Waals surface area contributed by atoms with Crippen molar-refractivity contribution in [1.82, 2.24) is 4.90 Å². The first-order valence-electron chi connectivity index (χ1n) is 6.64. The summed E-state index contributed by atoms with van der Waals surface area (Å²) in [5.74, 6) is 1.03. The summed E-state index contributed by atoms with van der Waals surface area (Å²) in [5, 5.41) is 0.874. The Balaban J connectivity index is 3.11. The molecule has 1 aromatic carbocycles. The summed E-state index contributed by atoms with van der Waals surface area (Å²) in [6.07, 6.45) is 0.913. The maximum Gasteiger partial charge on any atom is 0.257 e. The molecule has 0 heterocycles. The SMILES string of the molecule is COc1cccc(C(=O)N(CCCBr)C(C)C)c1OC. The molecule has 0 bridgehead atoms. The normalized spacial score (nSPS) is 10.5. The first kappa shape index (κ1) is 16.8. The van der Waals surface area contributed by atoms with Crippen LogP contribution in [-0.4, -0.2) is 42.9 Å². The molecule has 0 unspecified atom stereocenters. The highest BCUT2D eigenvalue weighted by Crippen LogP contribution is 2.31. The molecule has 0 aliphatic heterocycles. The van der Waals surface area contributed by atoms with E-state index < -0.39 is 0 Å². The fourth-order valence-corrected chi connectivity index (χ4v) is 2.29. The molecule has 4 nitrogen and oxygen atoms in total. The molecule has 1 amide bonds. The van der Waals surface area contributed by atoms with Gasteiger partial charge in [-0.3, -0.25) is 4.79 Å². The van der Waals surface area contributed by atoms with E-state index in [2.05, 4.69) is 15.9 Å². The van der Waals surface area contributed by atoms with Gasteiger partial charge in [0.25, 0.3) is 5.91 Å². The third-order valence-corrected chi connectivity index (χ3v) is 3.61. The van der Waals surface area contributed by atoms with Crippen molar-refractivity contribution in [3.8, 4) is 11.5 Å². The molecule has 0 radical (unpaired) electrons. The van der Waals surface area contributed by atoms with Crippen LogP contribution in [0.5, 0.6) is 11.5 Å². The number of alkyl halides is 1. The summed E-state index contributed by atoms with van der Waals surface area (Å²) in [6, 6.07) is 5.50. The van der Waals surface area contributed by atoms with Crippen molar-refractivity contribution in [3.63, 3.8) is 0 Å². The van der Waals surface area contributed by atoms with Gasteiger partial charge in [-0.25, -0.2) is 0 Å². The van der Waals surface area contributed by atoms with E-state index in [1.165, 1.54) is 0 Å². The summed E-state index contributed by atoms with van der Waals surface area (Å²) < 4.78 is 10.6. The molecule has 1 rings (SSSR count). The summed E-state index contributed by atoms with van der Waals surface area (Å²) >= 11 is 3.40. The van der Waals surface area contributed by atoms with Gasteiger partial charge in [-0.05, 0) is 32.4 Å². The number of carbonyl (C=O) groups is 1. The zero-order chi connectivity index (χ0) is 15.1. The Hall–Kier alpha value is -1.23. The van der Waals surface area contributed by atoms with Gasteiger partial charge in [0.15, 0.2) is 11.5 Å². The molecule has 0 atom stereocenters. The van der Waals surface area contributed by atoms with Crippen molar-refractivity contribution < 1.29 is 14.3 Å². The van der Waals surface area contributed by atoms with E-state index in [1.807, 2.05) is 18.7 Å². The average molecular weight is 344 g/mol.